The second-order valence-electron chi connectivity index (χ2n) is 2.22. The SMILES string of the molecule is CS(=O)(=O)NC(CN)C(F)(F)F. The molecule has 0 saturated carbocycles. The number of nitrogens with two attached hydrogens (primary N) is 1. The molecule has 0 aliphatic rings. The van der Waals surface area contributed by atoms with Crippen LogP contribution in [0.2, 0.25) is 0 Å². The Balaban J connectivity index is 4.41. The van der Waals surface area contributed by atoms with Crippen LogP contribution in [0, 0.1) is 0 Å². The van der Waals surface area contributed by atoms with Crippen molar-refractivity contribution >= 4 is 10.0 Å². The fourth-order valence-corrected chi connectivity index (χ4v) is 1.25. The molecule has 74 valence electrons. The summed E-state index contributed by atoms with van der Waals surface area (Å²) in [4.78, 5) is 0. The molecule has 1 atom stereocenters. The van der Waals surface area contributed by atoms with Crippen LogP contribution in [0.5, 0.6) is 0 Å². The molecular formula is C4H9F3N2O2S. The maximum Gasteiger partial charge on any atom is 0.406 e. The van der Waals surface area contributed by atoms with Gasteiger partial charge in [-0.05, 0) is 0 Å². The van der Waals surface area contributed by atoms with E-state index in [4.69, 9.17) is 5.73 Å². The van der Waals surface area contributed by atoms with E-state index >= 15 is 0 Å². The lowest BCUT2D eigenvalue weighted by atomic mass is 10.3. The Morgan fingerprint density at radius 3 is 2.00 bits per heavy atom. The van der Waals surface area contributed by atoms with Crippen molar-refractivity contribution in [3.63, 3.8) is 0 Å². The highest BCUT2D eigenvalue weighted by Crippen LogP contribution is 2.19. The van der Waals surface area contributed by atoms with Gasteiger partial charge in [-0.2, -0.15) is 13.2 Å². The van der Waals surface area contributed by atoms with Gasteiger partial charge in [-0.1, -0.05) is 0 Å². The molecule has 0 bridgehead atoms. The molecule has 1 unspecified atom stereocenters. The Hall–Kier alpha value is -0.340. The monoisotopic (exact) mass is 206 g/mol. The second-order valence-corrected chi connectivity index (χ2v) is 4.00. The van der Waals surface area contributed by atoms with Crippen molar-refractivity contribution in [2.24, 2.45) is 5.73 Å². The van der Waals surface area contributed by atoms with E-state index < -0.39 is 28.8 Å². The van der Waals surface area contributed by atoms with Crippen LogP contribution < -0.4 is 10.5 Å². The first kappa shape index (κ1) is 11.7. The lowest BCUT2D eigenvalue weighted by molar-refractivity contribution is -0.148. The summed E-state index contributed by atoms with van der Waals surface area (Å²) >= 11 is 0. The van der Waals surface area contributed by atoms with Gasteiger partial charge in [0.2, 0.25) is 10.0 Å². The molecule has 8 heteroatoms. The molecule has 12 heavy (non-hydrogen) atoms. The lowest BCUT2D eigenvalue weighted by Crippen LogP contribution is -2.49. The fourth-order valence-electron chi connectivity index (χ4n) is 0.507. The molecule has 0 fully saturated rings. The molecule has 0 aliphatic heterocycles. The third kappa shape index (κ3) is 4.52. The van der Waals surface area contributed by atoms with Crippen LogP contribution in [0.15, 0.2) is 0 Å². The van der Waals surface area contributed by atoms with E-state index in [1.165, 1.54) is 4.72 Å². The zero-order chi connectivity index (χ0) is 9.99. The van der Waals surface area contributed by atoms with Gasteiger partial charge in [-0.3, -0.25) is 0 Å². The first-order valence-corrected chi connectivity index (χ1v) is 4.80. The van der Waals surface area contributed by atoms with Crippen LogP contribution in [0.1, 0.15) is 0 Å². The third-order valence-electron chi connectivity index (χ3n) is 0.987. The second kappa shape index (κ2) is 3.58. The average Bonchev–Trinajstić information content (AvgIpc) is 1.78. The number of nitrogens with one attached hydrogen (secondary N) is 1. The molecule has 0 saturated heterocycles. The molecule has 3 N–H and O–H groups in total. The number of hydrogen-bond donors (Lipinski definition) is 2. The van der Waals surface area contributed by atoms with Gasteiger partial charge in [0.15, 0.2) is 0 Å². The molecule has 0 aromatic heterocycles. The highest BCUT2D eigenvalue weighted by Gasteiger charge is 2.40. The standard InChI is InChI=1S/C4H9F3N2O2S/c1-12(10,11)9-3(2-8)4(5,6)7/h3,9H,2,8H2,1H3. The smallest absolute Gasteiger partial charge is 0.329 e. The Labute approximate surface area is 68.0 Å². The minimum atomic E-state index is -4.64. The van der Waals surface area contributed by atoms with E-state index in [9.17, 15) is 21.6 Å². The Kier molecular flexibility index (Phi) is 3.48. The fraction of sp³-hybridized carbons (Fsp3) is 1.00. The van der Waals surface area contributed by atoms with Crippen molar-refractivity contribution < 1.29 is 21.6 Å². The molecule has 0 rings (SSSR count). The average molecular weight is 206 g/mol. The van der Waals surface area contributed by atoms with E-state index in [0.717, 1.165) is 0 Å². The normalized spacial score (nSPS) is 16.1. The Morgan fingerprint density at radius 2 is 1.92 bits per heavy atom. The number of sulfonamides is 1. The molecule has 0 radical (unpaired) electrons. The van der Waals surface area contributed by atoms with Crippen LogP contribution >= 0.6 is 0 Å². The molecular weight excluding hydrogens is 197 g/mol. The zero-order valence-electron chi connectivity index (χ0n) is 6.22. The third-order valence-corrected chi connectivity index (χ3v) is 1.70. The summed E-state index contributed by atoms with van der Waals surface area (Å²) in [5.74, 6) is 0. The molecule has 0 amide bonds. The van der Waals surface area contributed by atoms with Gasteiger partial charge in [0.25, 0.3) is 0 Å². The molecule has 0 aliphatic carbocycles. The van der Waals surface area contributed by atoms with Gasteiger partial charge in [0.1, 0.15) is 6.04 Å². The number of alkyl halides is 3. The number of rotatable bonds is 3. The topological polar surface area (TPSA) is 72.2 Å². The largest absolute Gasteiger partial charge is 0.406 e. The summed E-state index contributed by atoms with van der Waals surface area (Å²) < 4.78 is 57.7. The predicted octanol–water partition coefficient (Wildman–Crippen LogP) is -0.575. The molecule has 0 aromatic carbocycles. The van der Waals surface area contributed by atoms with Crippen LogP contribution in [-0.4, -0.2) is 33.4 Å². The summed E-state index contributed by atoms with van der Waals surface area (Å²) in [7, 11) is -3.87. The van der Waals surface area contributed by atoms with Crippen LogP contribution in [0.3, 0.4) is 0 Å². The lowest BCUT2D eigenvalue weighted by Gasteiger charge is -2.18. The van der Waals surface area contributed by atoms with Crippen LogP contribution in [0.25, 0.3) is 0 Å². The molecule has 0 heterocycles. The Morgan fingerprint density at radius 1 is 1.50 bits per heavy atom. The first-order valence-electron chi connectivity index (χ1n) is 2.91. The van der Waals surface area contributed by atoms with Crippen molar-refractivity contribution in [3.05, 3.63) is 0 Å². The van der Waals surface area contributed by atoms with Gasteiger partial charge in [0, 0.05) is 6.54 Å². The zero-order valence-corrected chi connectivity index (χ0v) is 7.04. The van der Waals surface area contributed by atoms with Crippen molar-refractivity contribution in [1.29, 1.82) is 0 Å². The molecule has 4 nitrogen and oxygen atoms in total. The first-order chi connectivity index (χ1) is 5.17. The summed E-state index contributed by atoms with van der Waals surface area (Å²) in [5, 5.41) is 0. The van der Waals surface area contributed by atoms with Crippen LogP contribution in [-0.2, 0) is 10.0 Å². The van der Waals surface area contributed by atoms with Crippen molar-refractivity contribution in [1.82, 2.24) is 4.72 Å². The summed E-state index contributed by atoms with van der Waals surface area (Å²) in [5.41, 5.74) is 4.72. The summed E-state index contributed by atoms with van der Waals surface area (Å²) in [6.45, 7) is -0.809. The predicted molar refractivity (Wildman–Crippen MR) is 36.9 cm³/mol. The van der Waals surface area contributed by atoms with Gasteiger partial charge in [-0.25, -0.2) is 13.1 Å². The van der Waals surface area contributed by atoms with E-state index in [-0.39, 0.29) is 0 Å². The number of hydrogen-bond acceptors (Lipinski definition) is 3. The van der Waals surface area contributed by atoms with E-state index in [1.54, 1.807) is 0 Å². The van der Waals surface area contributed by atoms with E-state index in [2.05, 4.69) is 0 Å². The maximum absolute atomic E-state index is 11.8. The minimum Gasteiger partial charge on any atom is -0.329 e. The van der Waals surface area contributed by atoms with Crippen molar-refractivity contribution in [3.8, 4) is 0 Å². The Bertz CT molecular complexity index is 235. The highest BCUT2D eigenvalue weighted by molar-refractivity contribution is 7.88. The molecule has 0 spiro atoms. The van der Waals surface area contributed by atoms with Gasteiger partial charge >= 0.3 is 6.18 Å². The van der Waals surface area contributed by atoms with E-state index in [1.807, 2.05) is 0 Å². The maximum atomic E-state index is 11.8. The van der Waals surface area contributed by atoms with Crippen molar-refractivity contribution in [2.45, 2.75) is 12.2 Å². The number of halogens is 3. The summed E-state index contributed by atoms with van der Waals surface area (Å²) in [6, 6.07) is -2.20. The minimum absolute atomic E-state index is 0.640. The van der Waals surface area contributed by atoms with Gasteiger partial charge in [0.05, 0.1) is 6.26 Å². The highest BCUT2D eigenvalue weighted by atomic mass is 32.2. The summed E-state index contributed by atoms with van der Waals surface area (Å²) in [6.07, 6.45) is -4.00. The molecule has 0 aromatic rings. The van der Waals surface area contributed by atoms with Gasteiger partial charge in [-0.15, -0.1) is 0 Å². The van der Waals surface area contributed by atoms with E-state index in [0.29, 0.717) is 6.26 Å². The van der Waals surface area contributed by atoms with Crippen molar-refractivity contribution in [2.75, 3.05) is 12.8 Å². The quantitative estimate of drug-likeness (QED) is 0.649. The van der Waals surface area contributed by atoms with Gasteiger partial charge < -0.3 is 5.73 Å². The van der Waals surface area contributed by atoms with Crippen LogP contribution in [0.4, 0.5) is 13.2 Å².